The zero-order valence-corrected chi connectivity index (χ0v) is 14.0. The molecular formula is C17H24ClN3O2. The molecule has 1 heterocycles. The van der Waals surface area contributed by atoms with Gasteiger partial charge < -0.3 is 16.0 Å². The Balaban J connectivity index is 0.00000192. The fourth-order valence-corrected chi connectivity index (χ4v) is 3.35. The number of hydrogen-bond donors (Lipinski definition) is 2. The Kier molecular flexibility index (Phi) is 6.02. The van der Waals surface area contributed by atoms with E-state index in [9.17, 15) is 9.59 Å². The third-order valence-corrected chi connectivity index (χ3v) is 4.69. The largest absolute Gasteiger partial charge is 0.352 e. The van der Waals surface area contributed by atoms with E-state index in [1.807, 2.05) is 29.2 Å². The zero-order valence-electron chi connectivity index (χ0n) is 13.2. The topological polar surface area (TPSA) is 75.4 Å². The Labute approximate surface area is 143 Å². The Bertz CT molecular complexity index is 561. The molecule has 5 nitrogen and oxygen atoms in total. The van der Waals surface area contributed by atoms with Crippen molar-refractivity contribution in [2.75, 3.05) is 11.4 Å². The molecule has 1 saturated carbocycles. The van der Waals surface area contributed by atoms with Gasteiger partial charge in [-0.15, -0.1) is 12.4 Å². The molecule has 1 saturated heterocycles. The van der Waals surface area contributed by atoms with Crippen molar-refractivity contribution in [1.29, 1.82) is 0 Å². The summed E-state index contributed by atoms with van der Waals surface area (Å²) in [5.74, 6) is 0.210. The minimum absolute atomic E-state index is 0. The van der Waals surface area contributed by atoms with Gasteiger partial charge in [-0.1, -0.05) is 18.6 Å². The van der Waals surface area contributed by atoms with E-state index in [1.54, 1.807) is 0 Å². The molecule has 0 bridgehead atoms. The monoisotopic (exact) mass is 337 g/mol. The highest BCUT2D eigenvalue weighted by atomic mass is 35.5. The molecule has 2 fully saturated rings. The molecule has 1 aliphatic carbocycles. The van der Waals surface area contributed by atoms with Crippen LogP contribution in [-0.4, -0.2) is 24.4 Å². The van der Waals surface area contributed by atoms with Gasteiger partial charge in [-0.2, -0.15) is 0 Å². The summed E-state index contributed by atoms with van der Waals surface area (Å²) in [6, 6.07) is 7.84. The maximum atomic E-state index is 12.1. The lowest BCUT2D eigenvalue weighted by Gasteiger charge is -2.17. The fourth-order valence-electron chi connectivity index (χ4n) is 3.35. The summed E-state index contributed by atoms with van der Waals surface area (Å²) in [5.41, 5.74) is 7.93. The number of amides is 2. The van der Waals surface area contributed by atoms with Gasteiger partial charge in [0.15, 0.2) is 0 Å². The molecule has 23 heavy (non-hydrogen) atoms. The smallest absolute Gasteiger partial charge is 0.227 e. The van der Waals surface area contributed by atoms with Crippen LogP contribution in [0.2, 0.25) is 0 Å². The lowest BCUT2D eigenvalue weighted by molar-refractivity contribution is -0.125. The summed E-state index contributed by atoms with van der Waals surface area (Å²) < 4.78 is 0. The second kappa shape index (κ2) is 7.79. The van der Waals surface area contributed by atoms with E-state index in [1.165, 1.54) is 0 Å². The van der Waals surface area contributed by atoms with E-state index >= 15 is 0 Å². The highest BCUT2D eigenvalue weighted by Crippen LogP contribution is 2.24. The first-order chi connectivity index (χ1) is 10.6. The lowest BCUT2D eigenvalue weighted by atomic mass is 10.0. The molecule has 0 aromatic heterocycles. The summed E-state index contributed by atoms with van der Waals surface area (Å²) in [5, 5.41) is 2.97. The molecule has 3 N–H and O–H groups in total. The van der Waals surface area contributed by atoms with Crippen molar-refractivity contribution in [3.63, 3.8) is 0 Å². The number of rotatable bonds is 4. The number of nitrogens with zero attached hydrogens (tertiary/aromatic N) is 1. The van der Waals surface area contributed by atoms with Gasteiger partial charge in [-0.3, -0.25) is 9.59 Å². The van der Waals surface area contributed by atoms with E-state index in [-0.39, 0.29) is 36.2 Å². The molecule has 1 aromatic carbocycles. The highest BCUT2D eigenvalue weighted by molar-refractivity contribution is 5.95. The SMILES string of the molecule is Cl.NC1CCCC1C(=O)NCc1ccc(N2CCCC2=O)cc1. The molecule has 2 aliphatic rings. The van der Waals surface area contributed by atoms with Crippen molar-refractivity contribution in [3.8, 4) is 0 Å². The fraction of sp³-hybridized carbons (Fsp3) is 0.529. The minimum atomic E-state index is -0.0403. The van der Waals surface area contributed by atoms with Crippen molar-refractivity contribution in [2.24, 2.45) is 11.7 Å². The van der Waals surface area contributed by atoms with Gasteiger partial charge in [0.2, 0.25) is 11.8 Å². The lowest BCUT2D eigenvalue weighted by Crippen LogP contribution is -2.38. The third-order valence-electron chi connectivity index (χ3n) is 4.69. The third kappa shape index (κ3) is 4.03. The Morgan fingerprint density at radius 2 is 1.96 bits per heavy atom. The van der Waals surface area contributed by atoms with E-state index in [0.717, 1.165) is 43.5 Å². The summed E-state index contributed by atoms with van der Waals surface area (Å²) in [7, 11) is 0. The summed E-state index contributed by atoms with van der Waals surface area (Å²) >= 11 is 0. The van der Waals surface area contributed by atoms with E-state index < -0.39 is 0 Å². The average Bonchev–Trinajstić information content (AvgIpc) is 3.14. The second-order valence-electron chi connectivity index (χ2n) is 6.23. The van der Waals surface area contributed by atoms with Crippen LogP contribution in [0.1, 0.15) is 37.7 Å². The van der Waals surface area contributed by atoms with Gasteiger partial charge >= 0.3 is 0 Å². The zero-order chi connectivity index (χ0) is 15.5. The van der Waals surface area contributed by atoms with Crippen molar-refractivity contribution in [1.82, 2.24) is 5.32 Å². The summed E-state index contributed by atoms with van der Waals surface area (Å²) in [4.78, 5) is 25.6. The number of benzene rings is 1. The van der Waals surface area contributed by atoms with Crippen LogP contribution in [0.15, 0.2) is 24.3 Å². The van der Waals surface area contributed by atoms with Gasteiger partial charge in [-0.05, 0) is 37.0 Å². The summed E-state index contributed by atoms with van der Waals surface area (Å²) in [6.45, 7) is 1.31. The van der Waals surface area contributed by atoms with Crippen molar-refractivity contribution >= 4 is 29.9 Å². The van der Waals surface area contributed by atoms with Crippen LogP contribution in [0.25, 0.3) is 0 Å². The second-order valence-corrected chi connectivity index (χ2v) is 6.23. The van der Waals surface area contributed by atoms with Crippen molar-refractivity contribution in [2.45, 2.75) is 44.7 Å². The van der Waals surface area contributed by atoms with Crippen LogP contribution in [-0.2, 0) is 16.1 Å². The van der Waals surface area contributed by atoms with Crippen LogP contribution in [0.3, 0.4) is 0 Å². The molecule has 2 unspecified atom stereocenters. The van der Waals surface area contributed by atoms with Crippen molar-refractivity contribution in [3.05, 3.63) is 29.8 Å². The average molecular weight is 338 g/mol. The molecule has 0 spiro atoms. The van der Waals surface area contributed by atoms with Gasteiger partial charge in [0.25, 0.3) is 0 Å². The number of nitrogens with one attached hydrogen (secondary N) is 1. The maximum absolute atomic E-state index is 12.1. The first-order valence-corrected chi connectivity index (χ1v) is 8.08. The maximum Gasteiger partial charge on any atom is 0.227 e. The van der Waals surface area contributed by atoms with Crippen LogP contribution in [0.5, 0.6) is 0 Å². The number of anilines is 1. The number of carbonyl (C=O) groups is 2. The molecule has 6 heteroatoms. The minimum Gasteiger partial charge on any atom is -0.352 e. The Morgan fingerprint density at radius 3 is 2.52 bits per heavy atom. The quantitative estimate of drug-likeness (QED) is 0.882. The Hall–Kier alpha value is -1.59. The standard InChI is InChI=1S/C17H23N3O2.ClH/c18-15-4-1-3-14(15)17(22)19-11-12-6-8-13(9-7-12)20-10-2-5-16(20)21;/h6-9,14-15H,1-5,10-11,18H2,(H,19,22);1H. The molecule has 3 rings (SSSR count). The van der Waals surface area contributed by atoms with E-state index in [0.29, 0.717) is 13.0 Å². The number of hydrogen-bond acceptors (Lipinski definition) is 3. The highest BCUT2D eigenvalue weighted by Gasteiger charge is 2.29. The molecule has 1 aromatic rings. The number of nitrogens with two attached hydrogens (primary N) is 1. The molecule has 2 atom stereocenters. The van der Waals surface area contributed by atoms with Crippen LogP contribution < -0.4 is 16.0 Å². The van der Waals surface area contributed by atoms with E-state index in [4.69, 9.17) is 5.73 Å². The van der Waals surface area contributed by atoms with Gasteiger partial charge in [0.1, 0.15) is 0 Å². The van der Waals surface area contributed by atoms with Gasteiger partial charge in [0.05, 0.1) is 5.92 Å². The molecule has 0 radical (unpaired) electrons. The van der Waals surface area contributed by atoms with Gasteiger partial charge in [-0.25, -0.2) is 0 Å². The van der Waals surface area contributed by atoms with Crippen molar-refractivity contribution < 1.29 is 9.59 Å². The summed E-state index contributed by atoms with van der Waals surface area (Å²) in [6.07, 6.45) is 4.44. The molecule has 126 valence electrons. The van der Waals surface area contributed by atoms with E-state index in [2.05, 4.69) is 5.32 Å². The molecular weight excluding hydrogens is 314 g/mol. The van der Waals surface area contributed by atoms with Gasteiger partial charge in [0, 0.05) is 31.2 Å². The Morgan fingerprint density at radius 1 is 1.22 bits per heavy atom. The van der Waals surface area contributed by atoms with Crippen LogP contribution in [0, 0.1) is 5.92 Å². The number of carbonyl (C=O) groups excluding carboxylic acids is 2. The molecule has 2 amide bonds. The van der Waals surface area contributed by atoms with Crippen LogP contribution in [0.4, 0.5) is 5.69 Å². The first-order valence-electron chi connectivity index (χ1n) is 8.08. The predicted molar refractivity (Wildman–Crippen MR) is 92.4 cm³/mol. The predicted octanol–water partition coefficient (Wildman–Crippen LogP) is 1.98. The van der Waals surface area contributed by atoms with Crippen LogP contribution >= 0.6 is 12.4 Å². The first kappa shape index (κ1) is 17.8. The number of halogens is 1. The molecule has 1 aliphatic heterocycles. The normalized spacial score (nSPS) is 23.7.